The lowest BCUT2D eigenvalue weighted by Gasteiger charge is -2.14. The largest absolute Gasteiger partial charge is 0.385 e. The molecule has 112 valence electrons. The van der Waals surface area contributed by atoms with Crippen molar-refractivity contribution in [1.29, 1.82) is 0 Å². The molecule has 0 aliphatic carbocycles. The van der Waals surface area contributed by atoms with Gasteiger partial charge in [-0.15, -0.1) is 0 Å². The quantitative estimate of drug-likeness (QED) is 0.835. The maximum atomic E-state index is 12.5. The third-order valence-corrected chi connectivity index (χ3v) is 3.61. The third kappa shape index (κ3) is 3.94. The summed E-state index contributed by atoms with van der Waals surface area (Å²) in [6, 6.07) is 10.4. The molecule has 1 aromatic heterocycles. The summed E-state index contributed by atoms with van der Waals surface area (Å²) < 4.78 is 6.68. The second-order valence-electron chi connectivity index (χ2n) is 4.84. The molecule has 0 aliphatic heterocycles. The summed E-state index contributed by atoms with van der Waals surface area (Å²) in [6.07, 6.45) is 2.56. The molecule has 1 atom stereocenters. The molecular formula is C16H19ClN2O2. The molecule has 4 nitrogen and oxygen atoms in total. The molecule has 1 aromatic carbocycles. The second kappa shape index (κ2) is 7.41. The number of ether oxygens (including phenoxy) is 1. The minimum Gasteiger partial charge on any atom is -0.385 e. The van der Waals surface area contributed by atoms with Crippen molar-refractivity contribution < 1.29 is 4.74 Å². The van der Waals surface area contributed by atoms with Crippen molar-refractivity contribution in [3.63, 3.8) is 0 Å². The first kappa shape index (κ1) is 15.8. The highest BCUT2D eigenvalue weighted by atomic mass is 35.5. The van der Waals surface area contributed by atoms with Gasteiger partial charge < -0.3 is 15.0 Å². The minimum absolute atomic E-state index is 0.0592. The standard InChI is InChI=1S/C16H19ClN2O2/c1-21-11-3-10-19-9-2-4-14(16(19)20)15(18)12-5-7-13(17)8-6-12/h2,4-9,15H,3,10-11,18H2,1H3. The summed E-state index contributed by atoms with van der Waals surface area (Å²) in [4.78, 5) is 12.5. The van der Waals surface area contributed by atoms with Crippen LogP contribution >= 0.6 is 11.6 Å². The Morgan fingerprint density at radius 1 is 1.29 bits per heavy atom. The van der Waals surface area contributed by atoms with E-state index in [2.05, 4.69) is 0 Å². The summed E-state index contributed by atoms with van der Waals surface area (Å²) in [6.45, 7) is 1.24. The molecule has 21 heavy (non-hydrogen) atoms. The van der Waals surface area contributed by atoms with Crippen LogP contribution in [0.5, 0.6) is 0 Å². The van der Waals surface area contributed by atoms with Gasteiger partial charge in [-0.2, -0.15) is 0 Å². The zero-order valence-electron chi connectivity index (χ0n) is 12.0. The molecule has 0 amide bonds. The Labute approximate surface area is 129 Å². The van der Waals surface area contributed by atoms with Crippen LogP contribution in [0.15, 0.2) is 47.4 Å². The van der Waals surface area contributed by atoms with E-state index in [1.54, 1.807) is 36.1 Å². The van der Waals surface area contributed by atoms with E-state index in [1.807, 2.05) is 18.2 Å². The molecule has 0 spiro atoms. The maximum Gasteiger partial charge on any atom is 0.255 e. The molecule has 0 bridgehead atoms. The fourth-order valence-corrected chi connectivity index (χ4v) is 2.32. The molecule has 5 heteroatoms. The number of nitrogens with zero attached hydrogens (tertiary/aromatic N) is 1. The fourth-order valence-electron chi connectivity index (χ4n) is 2.20. The molecule has 2 N–H and O–H groups in total. The van der Waals surface area contributed by atoms with E-state index >= 15 is 0 Å². The van der Waals surface area contributed by atoms with Crippen molar-refractivity contribution in [1.82, 2.24) is 4.57 Å². The summed E-state index contributed by atoms with van der Waals surface area (Å²) in [5, 5.41) is 0.649. The maximum absolute atomic E-state index is 12.5. The summed E-state index contributed by atoms with van der Waals surface area (Å²) >= 11 is 5.87. The van der Waals surface area contributed by atoms with Gasteiger partial charge in [-0.3, -0.25) is 4.79 Å². The third-order valence-electron chi connectivity index (χ3n) is 3.36. The van der Waals surface area contributed by atoms with Gasteiger partial charge in [0.2, 0.25) is 0 Å². The molecule has 0 radical (unpaired) electrons. The van der Waals surface area contributed by atoms with E-state index in [-0.39, 0.29) is 5.56 Å². The number of methoxy groups -OCH3 is 1. The number of pyridine rings is 1. The van der Waals surface area contributed by atoms with Crippen LogP contribution in [0.2, 0.25) is 5.02 Å². The molecule has 1 unspecified atom stereocenters. The smallest absolute Gasteiger partial charge is 0.255 e. The number of hydrogen-bond donors (Lipinski definition) is 1. The van der Waals surface area contributed by atoms with Crippen LogP contribution in [0.25, 0.3) is 0 Å². The molecule has 2 rings (SSSR count). The van der Waals surface area contributed by atoms with Crippen LogP contribution in [0.3, 0.4) is 0 Å². The highest BCUT2D eigenvalue weighted by Crippen LogP contribution is 2.19. The van der Waals surface area contributed by atoms with Gasteiger partial charge in [-0.25, -0.2) is 0 Å². The van der Waals surface area contributed by atoms with Crippen molar-refractivity contribution in [2.45, 2.75) is 19.0 Å². The Kier molecular flexibility index (Phi) is 5.56. The van der Waals surface area contributed by atoms with Crippen LogP contribution < -0.4 is 11.3 Å². The zero-order valence-corrected chi connectivity index (χ0v) is 12.7. The van der Waals surface area contributed by atoms with Crippen molar-refractivity contribution >= 4 is 11.6 Å². The number of hydrogen-bond acceptors (Lipinski definition) is 3. The average Bonchev–Trinajstić information content (AvgIpc) is 2.49. The number of benzene rings is 1. The van der Waals surface area contributed by atoms with E-state index in [9.17, 15) is 4.79 Å². The van der Waals surface area contributed by atoms with Crippen molar-refractivity contribution in [2.75, 3.05) is 13.7 Å². The number of aryl methyl sites for hydroxylation is 1. The highest BCUT2D eigenvalue weighted by molar-refractivity contribution is 6.30. The van der Waals surface area contributed by atoms with Crippen LogP contribution in [0.4, 0.5) is 0 Å². The highest BCUT2D eigenvalue weighted by Gasteiger charge is 2.13. The molecule has 1 heterocycles. The van der Waals surface area contributed by atoms with Crippen molar-refractivity contribution in [3.8, 4) is 0 Å². The lowest BCUT2D eigenvalue weighted by Crippen LogP contribution is -2.28. The predicted octanol–water partition coefficient (Wildman–Crippen LogP) is 2.59. The monoisotopic (exact) mass is 306 g/mol. The number of rotatable bonds is 6. The van der Waals surface area contributed by atoms with Gasteiger partial charge in [-0.1, -0.05) is 29.8 Å². The van der Waals surface area contributed by atoms with Gasteiger partial charge in [0, 0.05) is 37.0 Å². The Morgan fingerprint density at radius 3 is 2.67 bits per heavy atom. The molecule has 0 aliphatic rings. The Morgan fingerprint density at radius 2 is 2.00 bits per heavy atom. The predicted molar refractivity (Wildman–Crippen MR) is 84.7 cm³/mol. The van der Waals surface area contributed by atoms with Gasteiger partial charge in [-0.05, 0) is 30.2 Å². The van der Waals surface area contributed by atoms with Crippen LogP contribution in [0, 0.1) is 0 Å². The van der Waals surface area contributed by atoms with Crippen LogP contribution in [-0.4, -0.2) is 18.3 Å². The Balaban J connectivity index is 2.25. The Bertz CT molecular complexity index is 637. The van der Waals surface area contributed by atoms with E-state index in [0.29, 0.717) is 23.7 Å². The first-order valence-corrected chi connectivity index (χ1v) is 7.20. The van der Waals surface area contributed by atoms with Gasteiger partial charge in [0.25, 0.3) is 5.56 Å². The average molecular weight is 307 g/mol. The first-order valence-electron chi connectivity index (χ1n) is 6.83. The first-order chi connectivity index (χ1) is 10.1. The summed E-state index contributed by atoms with van der Waals surface area (Å²) in [5.74, 6) is 0. The van der Waals surface area contributed by atoms with E-state index in [1.165, 1.54) is 0 Å². The SMILES string of the molecule is COCCCn1cccc(C(N)c2ccc(Cl)cc2)c1=O. The number of nitrogens with two attached hydrogens (primary N) is 1. The normalized spacial score (nSPS) is 12.3. The number of halogens is 1. The minimum atomic E-state index is -0.454. The second-order valence-corrected chi connectivity index (χ2v) is 5.27. The van der Waals surface area contributed by atoms with Crippen LogP contribution in [-0.2, 0) is 11.3 Å². The summed E-state index contributed by atoms with van der Waals surface area (Å²) in [7, 11) is 1.65. The van der Waals surface area contributed by atoms with Crippen LogP contribution in [0.1, 0.15) is 23.6 Å². The fraction of sp³-hybridized carbons (Fsp3) is 0.312. The zero-order chi connectivity index (χ0) is 15.2. The van der Waals surface area contributed by atoms with Crippen molar-refractivity contribution in [2.24, 2.45) is 5.73 Å². The van der Waals surface area contributed by atoms with Gasteiger partial charge >= 0.3 is 0 Å². The molecule has 0 fully saturated rings. The Hall–Kier alpha value is -1.62. The topological polar surface area (TPSA) is 57.2 Å². The lowest BCUT2D eigenvalue weighted by atomic mass is 10.0. The van der Waals surface area contributed by atoms with E-state index in [0.717, 1.165) is 12.0 Å². The molecule has 0 saturated carbocycles. The lowest BCUT2D eigenvalue weighted by molar-refractivity contribution is 0.190. The van der Waals surface area contributed by atoms with E-state index in [4.69, 9.17) is 22.1 Å². The molecular weight excluding hydrogens is 288 g/mol. The summed E-state index contributed by atoms with van der Waals surface area (Å²) in [5.41, 5.74) is 7.60. The van der Waals surface area contributed by atoms with Gasteiger partial charge in [0.15, 0.2) is 0 Å². The van der Waals surface area contributed by atoms with Gasteiger partial charge in [0.1, 0.15) is 0 Å². The van der Waals surface area contributed by atoms with E-state index < -0.39 is 6.04 Å². The van der Waals surface area contributed by atoms with Gasteiger partial charge in [0.05, 0.1) is 6.04 Å². The van der Waals surface area contributed by atoms with Crippen molar-refractivity contribution in [3.05, 3.63) is 69.1 Å². The number of aromatic nitrogens is 1. The molecule has 2 aromatic rings. The molecule has 0 saturated heterocycles.